The Morgan fingerprint density at radius 3 is 2.68 bits per heavy atom. The largest absolute Gasteiger partial charge is 0.493 e. The van der Waals surface area contributed by atoms with E-state index in [1.54, 1.807) is 0 Å². The standard InChI is InChI=1S/C16H25NO2/c1-13-4-5-16(14(2)12-13)19-11-3-8-17-9-6-15(18)7-10-17/h4-5,12,15,18H,3,6-11H2,1-2H3. The number of rotatable bonds is 5. The van der Waals surface area contributed by atoms with Crippen molar-refractivity contribution in [3.05, 3.63) is 29.3 Å². The third kappa shape index (κ3) is 4.51. The van der Waals surface area contributed by atoms with E-state index in [-0.39, 0.29) is 6.10 Å². The van der Waals surface area contributed by atoms with E-state index in [0.29, 0.717) is 0 Å². The Kier molecular flexibility index (Phi) is 5.23. The molecule has 1 aromatic rings. The lowest BCUT2D eigenvalue weighted by molar-refractivity contribution is 0.0800. The Morgan fingerprint density at radius 1 is 1.26 bits per heavy atom. The fourth-order valence-electron chi connectivity index (χ4n) is 2.57. The average Bonchev–Trinajstić information content (AvgIpc) is 2.39. The molecule has 1 saturated heterocycles. The van der Waals surface area contributed by atoms with Crippen molar-refractivity contribution in [2.45, 2.75) is 39.2 Å². The zero-order valence-corrected chi connectivity index (χ0v) is 12.1. The molecule has 1 aliphatic rings. The lowest BCUT2D eigenvalue weighted by Crippen LogP contribution is -2.36. The maximum atomic E-state index is 9.45. The highest BCUT2D eigenvalue weighted by Crippen LogP contribution is 2.19. The van der Waals surface area contributed by atoms with Crippen molar-refractivity contribution in [2.75, 3.05) is 26.2 Å². The van der Waals surface area contributed by atoms with Gasteiger partial charge >= 0.3 is 0 Å². The number of aryl methyl sites for hydroxylation is 2. The number of ether oxygens (including phenoxy) is 1. The number of aliphatic hydroxyl groups is 1. The summed E-state index contributed by atoms with van der Waals surface area (Å²) in [6.07, 6.45) is 2.79. The van der Waals surface area contributed by atoms with Gasteiger partial charge in [-0.25, -0.2) is 0 Å². The van der Waals surface area contributed by atoms with Crippen LogP contribution in [0.25, 0.3) is 0 Å². The predicted octanol–water partition coefficient (Wildman–Crippen LogP) is 2.53. The number of hydrogen-bond donors (Lipinski definition) is 1. The summed E-state index contributed by atoms with van der Waals surface area (Å²) in [6, 6.07) is 6.30. The normalized spacial score (nSPS) is 17.6. The van der Waals surface area contributed by atoms with Crippen molar-refractivity contribution in [2.24, 2.45) is 0 Å². The van der Waals surface area contributed by atoms with Gasteiger partial charge in [0.05, 0.1) is 12.7 Å². The van der Waals surface area contributed by atoms with Crippen LogP contribution in [0.15, 0.2) is 18.2 Å². The van der Waals surface area contributed by atoms with Crippen molar-refractivity contribution < 1.29 is 9.84 Å². The van der Waals surface area contributed by atoms with E-state index in [2.05, 4.69) is 36.9 Å². The molecule has 0 aromatic heterocycles. The molecule has 2 rings (SSSR count). The van der Waals surface area contributed by atoms with Gasteiger partial charge in [0.25, 0.3) is 0 Å². The first-order chi connectivity index (χ1) is 9.15. The van der Waals surface area contributed by atoms with Gasteiger partial charge in [0.1, 0.15) is 5.75 Å². The molecule has 1 aliphatic heterocycles. The summed E-state index contributed by atoms with van der Waals surface area (Å²) in [7, 11) is 0. The number of benzene rings is 1. The molecule has 0 spiro atoms. The number of nitrogens with zero attached hydrogens (tertiary/aromatic N) is 1. The zero-order valence-electron chi connectivity index (χ0n) is 12.1. The molecule has 0 radical (unpaired) electrons. The molecule has 3 heteroatoms. The van der Waals surface area contributed by atoms with E-state index in [0.717, 1.165) is 51.3 Å². The molecule has 0 atom stereocenters. The molecule has 0 unspecified atom stereocenters. The lowest BCUT2D eigenvalue weighted by atomic mass is 10.1. The Morgan fingerprint density at radius 2 is 2.00 bits per heavy atom. The number of hydrogen-bond acceptors (Lipinski definition) is 3. The van der Waals surface area contributed by atoms with E-state index in [4.69, 9.17) is 4.74 Å². The Bertz CT molecular complexity index is 398. The minimum absolute atomic E-state index is 0.0808. The molecule has 19 heavy (non-hydrogen) atoms. The summed E-state index contributed by atoms with van der Waals surface area (Å²) in [5.74, 6) is 1.000. The maximum absolute atomic E-state index is 9.45. The van der Waals surface area contributed by atoms with Crippen LogP contribution in [0.2, 0.25) is 0 Å². The first-order valence-corrected chi connectivity index (χ1v) is 7.25. The second-order valence-electron chi connectivity index (χ2n) is 5.54. The van der Waals surface area contributed by atoms with Crippen LogP contribution in [0, 0.1) is 13.8 Å². The smallest absolute Gasteiger partial charge is 0.122 e. The van der Waals surface area contributed by atoms with E-state index >= 15 is 0 Å². The fourth-order valence-corrected chi connectivity index (χ4v) is 2.57. The highest BCUT2D eigenvalue weighted by atomic mass is 16.5. The molecule has 0 saturated carbocycles. The summed E-state index contributed by atoms with van der Waals surface area (Å²) < 4.78 is 5.83. The van der Waals surface area contributed by atoms with Gasteiger partial charge in [-0.05, 0) is 44.7 Å². The second-order valence-corrected chi connectivity index (χ2v) is 5.54. The minimum Gasteiger partial charge on any atom is -0.493 e. The van der Waals surface area contributed by atoms with Crippen LogP contribution in [0.4, 0.5) is 0 Å². The van der Waals surface area contributed by atoms with Crippen LogP contribution in [0.5, 0.6) is 5.75 Å². The van der Waals surface area contributed by atoms with Crippen LogP contribution in [-0.2, 0) is 0 Å². The minimum atomic E-state index is -0.0808. The highest BCUT2D eigenvalue weighted by molar-refractivity contribution is 5.35. The van der Waals surface area contributed by atoms with E-state index in [1.807, 2.05) is 0 Å². The first-order valence-electron chi connectivity index (χ1n) is 7.25. The Hall–Kier alpha value is -1.06. The second kappa shape index (κ2) is 6.92. The van der Waals surface area contributed by atoms with Crippen LogP contribution in [-0.4, -0.2) is 42.4 Å². The molecular weight excluding hydrogens is 238 g/mol. The summed E-state index contributed by atoms with van der Waals surface area (Å²) >= 11 is 0. The van der Waals surface area contributed by atoms with Gasteiger partial charge in [0.2, 0.25) is 0 Å². The van der Waals surface area contributed by atoms with E-state index in [1.165, 1.54) is 11.1 Å². The van der Waals surface area contributed by atoms with Crippen molar-refractivity contribution in [3.63, 3.8) is 0 Å². The summed E-state index contributed by atoms with van der Waals surface area (Å²) in [6.45, 7) is 8.06. The third-order valence-corrected chi connectivity index (χ3v) is 3.76. The zero-order chi connectivity index (χ0) is 13.7. The summed E-state index contributed by atoms with van der Waals surface area (Å²) in [5.41, 5.74) is 2.48. The fraction of sp³-hybridized carbons (Fsp3) is 0.625. The molecule has 0 aliphatic carbocycles. The monoisotopic (exact) mass is 263 g/mol. The molecule has 0 amide bonds. The topological polar surface area (TPSA) is 32.7 Å². The molecular formula is C16H25NO2. The van der Waals surface area contributed by atoms with Crippen molar-refractivity contribution in [3.8, 4) is 5.75 Å². The van der Waals surface area contributed by atoms with Gasteiger partial charge in [-0.2, -0.15) is 0 Å². The van der Waals surface area contributed by atoms with E-state index < -0.39 is 0 Å². The first kappa shape index (κ1) is 14.4. The van der Waals surface area contributed by atoms with Gasteiger partial charge in [-0.3, -0.25) is 0 Å². The maximum Gasteiger partial charge on any atom is 0.122 e. The third-order valence-electron chi connectivity index (χ3n) is 3.76. The van der Waals surface area contributed by atoms with Gasteiger partial charge in [0.15, 0.2) is 0 Å². The molecule has 0 bridgehead atoms. The number of aliphatic hydroxyl groups excluding tert-OH is 1. The number of piperidine rings is 1. The quantitative estimate of drug-likeness (QED) is 0.829. The van der Waals surface area contributed by atoms with Crippen LogP contribution >= 0.6 is 0 Å². The number of likely N-dealkylation sites (tertiary alicyclic amines) is 1. The van der Waals surface area contributed by atoms with Crippen LogP contribution in [0.1, 0.15) is 30.4 Å². The molecule has 1 fully saturated rings. The molecule has 1 N–H and O–H groups in total. The summed E-state index contributed by atoms with van der Waals surface area (Å²) in [5, 5.41) is 9.45. The van der Waals surface area contributed by atoms with E-state index in [9.17, 15) is 5.11 Å². The van der Waals surface area contributed by atoms with Gasteiger partial charge in [-0.1, -0.05) is 17.7 Å². The molecule has 1 heterocycles. The Balaban J connectivity index is 1.66. The molecule has 1 aromatic carbocycles. The van der Waals surface area contributed by atoms with Crippen molar-refractivity contribution in [1.29, 1.82) is 0 Å². The van der Waals surface area contributed by atoms with Crippen LogP contribution in [0.3, 0.4) is 0 Å². The van der Waals surface area contributed by atoms with Crippen molar-refractivity contribution in [1.82, 2.24) is 4.90 Å². The summed E-state index contributed by atoms with van der Waals surface area (Å²) in [4.78, 5) is 2.41. The van der Waals surface area contributed by atoms with Gasteiger partial charge in [-0.15, -0.1) is 0 Å². The van der Waals surface area contributed by atoms with Gasteiger partial charge in [0, 0.05) is 19.6 Å². The highest BCUT2D eigenvalue weighted by Gasteiger charge is 2.16. The Labute approximate surface area is 116 Å². The molecule has 106 valence electrons. The molecule has 3 nitrogen and oxygen atoms in total. The van der Waals surface area contributed by atoms with Gasteiger partial charge < -0.3 is 14.7 Å². The van der Waals surface area contributed by atoms with Crippen molar-refractivity contribution >= 4 is 0 Å². The van der Waals surface area contributed by atoms with Crippen LogP contribution < -0.4 is 4.74 Å². The average molecular weight is 263 g/mol. The SMILES string of the molecule is Cc1ccc(OCCCN2CCC(O)CC2)c(C)c1. The lowest BCUT2D eigenvalue weighted by Gasteiger charge is -2.29. The predicted molar refractivity (Wildman–Crippen MR) is 77.7 cm³/mol.